The number of hydrogen-bond donors (Lipinski definition) is 2. The maximum atomic E-state index is 5.39. The Morgan fingerprint density at radius 2 is 1.94 bits per heavy atom. The van der Waals surface area contributed by atoms with Crippen molar-refractivity contribution in [1.82, 2.24) is 5.32 Å². The molecule has 2 bridgehead atoms. The Kier molecular flexibility index (Phi) is 3.33. The van der Waals surface area contributed by atoms with E-state index in [4.69, 9.17) is 12.2 Å². The molecule has 1 fully saturated rings. The van der Waals surface area contributed by atoms with E-state index in [1.54, 1.807) is 0 Å². The molecule has 0 unspecified atom stereocenters. The standard InChI is InChI=1S/C15H18N2S/c18-15(16-13-4-2-1-3-5-13)17-14-10-11-6-8-12(14)9-7-11/h1-6,8,11-12,14H,7,9-10H2,(H2,16,17,18)/t11-,12+,14-/m1/s1. The molecule has 3 aliphatic carbocycles. The van der Waals surface area contributed by atoms with Crippen LogP contribution in [-0.2, 0) is 0 Å². The van der Waals surface area contributed by atoms with Crippen molar-refractivity contribution in [3.8, 4) is 0 Å². The van der Waals surface area contributed by atoms with Gasteiger partial charge in [0.2, 0.25) is 0 Å². The van der Waals surface area contributed by atoms with Crippen LogP contribution < -0.4 is 10.6 Å². The summed E-state index contributed by atoms with van der Waals surface area (Å²) < 4.78 is 0. The van der Waals surface area contributed by atoms with E-state index in [1.165, 1.54) is 19.3 Å². The summed E-state index contributed by atoms with van der Waals surface area (Å²) in [7, 11) is 0. The highest BCUT2D eigenvalue weighted by molar-refractivity contribution is 7.80. The van der Waals surface area contributed by atoms with Gasteiger partial charge in [0.25, 0.3) is 0 Å². The lowest BCUT2D eigenvalue weighted by Gasteiger charge is -2.38. The van der Waals surface area contributed by atoms with Gasteiger partial charge < -0.3 is 10.6 Å². The molecule has 4 rings (SSSR count). The average Bonchev–Trinajstić information content (AvgIpc) is 2.41. The van der Waals surface area contributed by atoms with Gasteiger partial charge in [0.05, 0.1) is 0 Å². The van der Waals surface area contributed by atoms with Crippen molar-refractivity contribution < 1.29 is 0 Å². The summed E-state index contributed by atoms with van der Waals surface area (Å²) in [4.78, 5) is 0. The summed E-state index contributed by atoms with van der Waals surface area (Å²) in [6.45, 7) is 0. The Labute approximate surface area is 113 Å². The normalized spacial score (nSPS) is 29.0. The van der Waals surface area contributed by atoms with Gasteiger partial charge >= 0.3 is 0 Å². The molecule has 0 amide bonds. The number of hydrogen-bond acceptors (Lipinski definition) is 1. The fraction of sp³-hybridized carbons (Fsp3) is 0.400. The lowest BCUT2D eigenvalue weighted by atomic mass is 9.73. The van der Waals surface area contributed by atoms with E-state index >= 15 is 0 Å². The molecule has 0 aromatic heterocycles. The summed E-state index contributed by atoms with van der Waals surface area (Å²) in [5, 5.41) is 7.46. The first-order valence-electron chi connectivity index (χ1n) is 6.62. The number of fused-ring (bicyclic) bond motifs is 2. The Bertz CT molecular complexity index is 455. The van der Waals surface area contributed by atoms with E-state index < -0.39 is 0 Å². The minimum absolute atomic E-state index is 0.512. The number of rotatable bonds is 2. The number of anilines is 1. The molecular formula is C15H18N2S. The van der Waals surface area contributed by atoms with E-state index in [-0.39, 0.29) is 0 Å². The van der Waals surface area contributed by atoms with E-state index in [1.807, 2.05) is 30.3 Å². The zero-order valence-electron chi connectivity index (χ0n) is 10.3. The van der Waals surface area contributed by atoms with Gasteiger partial charge in [0.1, 0.15) is 0 Å². The molecule has 3 aliphatic rings. The van der Waals surface area contributed by atoms with Crippen LogP contribution in [0.5, 0.6) is 0 Å². The summed E-state index contributed by atoms with van der Waals surface area (Å²) in [5.41, 5.74) is 1.05. The fourth-order valence-electron chi connectivity index (χ4n) is 2.95. The first-order chi connectivity index (χ1) is 8.81. The molecule has 3 atom stereocenters. The van der Waals surface area contributed by atoms with Crippen molar-refractivity contribution in [2.75, 3.05) is 5.32 Å². The molecule has 3 heteroatoms. The molecule has 1 saturated carbocycles. The molecule has 94 valence electrons. The smallest absolute Gasteiger partial charge is 0.171 e. The van der Waals surface area contributed by atoms with Crippen LogP contribution in [-0.4, -0.2) is 11.2 Å². The summed E-state index contributed by atoms with van der Waals surface area (Å²) in [5.74, 6) is 1.41. The minimum Gasteiger partial charge on any atom is -0.359 e. The molecule has 0 saturated heterocycles. The molecule has 0 spiro atoms. The lowest BCUT2D eigenvalue weighted by molar-refractivity contribution is 0.268. The van der Waals surface area contributed by atoms with E-state index in [2.05, 4.69) is 22.8 Å². The topological polar surface area (TPSA) is 24.1 Å². The minimum atomic E-state index is 0.512. The van der Waals surface area contributed by atoms with Gasteiger partial charge in [-0.2, -0.15) is 0 Å². The van der Waals surface area contributed by atoms with Crippen LogP contribution in [0, 0.1) is 11.8 Å². The predicted octanol–water partition coefficient (Wildman–Crippen LogP) is 3.33. The quantitative estimate of drug-likeness (QED) is 0.628. The highest BCUT2D eigenvalue weighted by Crippen LogP contribution is 2.36. The third kappa shape index (κ3) is 2.56. The van der Waals surface area contributed by atoms with Crippen LogP contribution >= 0.6 is 12.2 Å². The van der Waals surface area contributed by atoms with Crippen LogP contribution in [0.3, 0.4) is 0 Å². The monoisotopic (exact) mass is 258 g/mol. The summed E-state index contributed by atoms with van der Waals surface area (Å²) in [6, 6.07) is 10.6. The van der Waals surface area contributed by atoms with Gasteiger partial charge in [0, 0.05) is 11.7 Å². The van der Waals surface area contributed by atoms with Gasteiger partial charge in [-0.25, -0.2) is 0 Å². The SMILES string of the molecule is S=C(Nc1ccccc1)N[C@@H]1C[C@@H]2C=C[C@H]1CC2. The second-order valence-corrected chi connectivity index (χ2v) is 5.60. The third-order valence-corrected chi connectivity index (χ3v) is 4.14. The van der Waals surface area contributed by atoms with Crippen molar-refractivity contribution in [2.45, 2.75) is 25.3 Å². The van der Waals surface area contributed by atoms with Gasteiger partial charge in [0.15, 0.2) is 5.11 Å². The summed E-state index contributed by atoms with van der Waals surface area (Å²) in [6.07, 6.45) is 8.60. The van der Waals surface area contributed by atoms with E-state index in [0.29, 0.717) is 12.0 Å². The number of nitrogens with one attached hydrogen (secondary N) is 2. The first kappa shape index (κ1) is 11.7. The molecule has 18 heavy (non-hydrogen) atoms. The second-order valence-electron chi connectivity index (χ2n) is 5.19. The maximum absolute atomic E-state index is 5.39. The van der Waals surface area contributed by atoms with Gasteiger partial charge in [-0.1, -0.05) is 30.4 Å². The van der Waals surface area contributed by atoms with Gasteiger partial charge in [-0.3, -0.25) is 0 Å². The second kappa shape index (κ2) is 5.11. The number of benzene rings is 1. The maximum Gasteiger partial charge on any atom is 0.171 e. The first-order valence-corrected chi connectivity index (χ1v) is 7.03. The molecule has 2 N–H and O–H groups in total. The Balaban J connectivity index is 1.57. The Hall–Kier alpha value is -1.35. The lowest BCUT2D eigenvalue weighted by Crippen LogP contribution is -2.46. The highest BCUT2D eigenvalue weighted by Gasteiger charge is 2.31. The Morgan fingerprint density at radius 1 is 1.11 bits per heavy atom. The molecule has 1 aromatic rings. The van der Waals surface area contributed by atoms with Crippen molar-refractivity contribution in [1.29, 1.82) is 0 Å². The zero-order chi connectivity index (χ0) is 12.4. The molecule has 0 aliphatic heterocycles. The van der Waals surface area contributed by atoms with Crippen LogP contribution in [0.2, 0.25) is 0 Å². The van der Waals surface area contributed by atoms with Gasteiger partial charge in [-0.15, -0.1) is 0 Å². The van der Waals surface area contributed by atoms with Crippen LogP contribution in [0.1, 0.15) is 19.3 Å². The van der Waals surface area contributed by atoms with Crippen molar-refractivity contribution in [3.05, 3.63) is 42.5 Å². The van der Waals surface area contributed by atoms with E-state index in [9.17, 15) is 0 Å². The zero-order valence-corrected chi connectivity index (χ0v) is 11.1. The Morgan fingerprint density at radius 3 is 2.56 bits per heavy atom. The van der Waals surface area contributed by atoms with Crippen molar-refractivity contribution in [3.63, 3.8) is 0 Å². The number of allylic oxidation sites excluding steroid dienone is 1. The highest BCUT2D eigenvalue weighted by atomic mass is 32.1. The molecule has 0 heterocycles. The van der Waals surface area contributed by atoms with Crippen LogP contribution in [0.15, 0.2) is 42.5 Å². The summed E-state index contributed by atoms with van der Waals surface area (Å²) >= 11 is 5.39. The number of para-hydroxylation sites is 1. The van der Waals surface area contributed by atoms with Crippen LogP contribution in [0.4, 0.5) is 5.69 Å². The van der Waals surface area contributed by atoms with Crippen LogP contribution in [0.25, 0.3) is 0 Å². The van der Waals surface area contributed by atoms with Gasteiger partial charge in [-0.05, 0) is 55.4 Å². The fourth-order valence-corrected chi connectivity index (χ4v) is 3.22. The van der Waals surface area contributed by atoms with Crippen molar-refractivity contribution in [2.24, 2.45) is 11.8 Å². The molecule has 2 nitrogen and oxygen atoms in total. The average molecular weight is 258 g/mol. The predicted molar refractivity (Wildman–Crippen MR) is 79.6 cm³/mol. The number of thiocarbonyl (C=S) groups is 1. The third-order valence-electron chi connectivity index (χ3n) is 3.92. The van der Waals surface area contributed by atoms with E-state index in [0.717, 1.165) is 16.7 Å². The largest absolute Gasteiger partial charge is 0.359 e. The molecular weight excluding hydrogens is 240 g/mol. The van der Waals surface area contributed by atoms with Crippen molar-refractivity contribution >= 4 is 23.0 Å². The molecule has 0 radical (unpaired) electrons. The molecule has 1 aromatic carbocycles.